The molecule has 2 aromatic carbocycles. The topological polar surface area (TPSA) is 105 Å². The highest BCUT2D eigenvalue weighted by molar-refractivity contribution is 5.96. The molecule has 0 aliphatic carbocycles. The lowest BCUT2D eigenvalue weighted by Gasteiger charge is -2.11. The molecule has 158 valence electrons. The molecule has 0 spiro atoms. The Morgan fingerprint density at radius 3 is 2.28 bits per heavy atom. The van der Waals surface area contributed by atoms with Crippen LogP contribution in [-0.2, 0) is 9.47 Å². The summed E-state index contributed by atoms with van der Waals surface area (Å²) < 4.78 is 12.7. The van der Waals surface area contributed by atoms with E-state index in [2.05, 4.69) is 9.97 Å². The van der Waals surface area contributed by atoms with E-state index in [0.717, 1.165) is 11.0 Å². The maximum absolute atomic E-state index is 13.4. The summed E-state index contributed by atoms with van der Waals surface area (Å²) in [5, 5.41) is 0.353. The summed E-state index contributed by atoms with van der Waals surface area (Å²) in [5.41, 5.74) is 2.42. The molecule has 0 aliphatic heterocycles. The number of benzene rings is 2. The van der Waals surface area contributed by atoms with Gasteiger partial charge < -0.3 is 9.47 Å². The zero-order chi connectivity index (χ0) is 22.4. The number of carbonyl (C=O) groups excluding carboxylic acids is 2. The van der Waals surface area contributed by atoms with Gasteiger partial charge in [0.2, 0.25) is 5.78 Å². The number of rotatable bonds is 3. The minimum atomic E-state index is -0.640. The van der Waals surface area contributed by atoms with Crippen molar-refractivity contribution in [3.8, 4) is 5.69 Å². The summed E-state index contributed by atoms with van der Waals surface area (Å²) in [6.45, 7) is 0. The predicted molar refractivity (Wildman–Crippen MR) is 116 cm³/mol. The van der Waals surface area contributed by atoms with Gasteiger partial charge in [0.05, 0.1) is 53.0 Å². The van der Waals surface area contributed by atoms with Crippen LogP contribution in [0.15, 0.2) is 65.7 Å². The Morgan fingerprint density at radius 2 is 1.59 bits per heavy atom. The minimum Gasteiger partial charge on any atom is -0.465 e. The number of hydrogen-bond donors (Lipinski definition) is 0. The Bertz CT molecular complexity index is 1580. The molecule has 0 amide bonds. The second-order valence-corrected chi connectivity index (χ2v) is 7.04. The largest absolute Gasteiger partial charge is 0.465 e. The van der Waals surface area contributed by atoms with Crippen molar-refractivity contribution in [2.24, 2.45) is 0 Å². The molecule has 0 aliphatic rings. The molecule has 5 aromatic rings. The quantitative estimate of drug-likeness (QED) is 0.407. The van der Waals surface area contributed by atoms with Crippen LogP contribution in [0.25, 0.3) is 33.4 Å². The molecule has 9 nitrogen and oxygen atoms in total. The fraction of sp³-hybridized carbons (Fsp3) is 0.0870. The number of pyridine rings is 1. The van der Waals surface area contributed by atoms with Crippen LogP contribution in [0.4, 0.5) is 0 Å². The van der Waals surface area contributed by atoms with Crippen LogP contribution in [0.1, 0.15) is 20.7 Å². The van der Waals surface area contributed by atoms with Gasteiger partial charge in [-0.2, -0.15) is 0 Å². The lowest BCUT2D eigenvalue weighted by atomic mass is 10.1. The monoisotopic (exact) mass is 428 g/mol. The summed E-state index contributed by atoms with van der Waals surface area (Å²) in [6.07, 6.45) is 3.05. The highest BCUT2D eigenvalue weighted by Gasteiger charge is 2.17. The van der Waals surface area contributed by atoms with Crippen molar-refractivity contribution >= 4 is 39.7 Å². The molecule has 0 N–H and O–H groups in total. The number of hydrogen-bond acceptors (Lipinski definition) is 7. The van der Waals surface area contributed by atoms with Crippen LogP contribution < -0.4 is 5.56 Å². The number of fused-ring (bicyclic) bond motifs is 5. The number of para-hydroxylation sites is 2. The molecule has 9 heteroatoms. The average molecular weight is 428 g/mol. The first-order valence-corrected chi connectivity index (χ1v) is 9.61. The van der Waals surface area contributed by atoms with Crippen molar-refractivity contribution in [1.29, 1.82) is 0 Å². The summed E-state index contributed by atoms with van der Waals surface area (Å²) in [4.78, 5) is 46.5. The number of nitrogens with zero attached hydrogens (tertiary/aromatic N) is 4. The van der Waals surface area contributed by atoms with E-state index < -0.39 is 11.9 Å². The van der Waals surface area contributed by atoms with E-state index in [0.29, 0.717) is 22.4 Å². The predicted octanol–water partition coefficient (Wildman–Crippen LogP) is 2.76. The second-order valence-electron chi connectivity index (χ2n) is 7.04. The summed E-state index contributed by atoms with van der Waals surface area (Å²) in [5.74, 6) is -0.797. The van der Waals surface area contributed by atoms with Crippen molar-refractivity contribution in [1.82, 2.24) is 18.9 Å². The van der Waals surface area contributed by atoms with Gasteiger partial charge >= 0.3 is 11.9 Å². The first-order chi connectivity index (χ1) is 15.5. The first kappa shape index (κ1) is 19.4. The summed E-state index contributed by atoms with van der Waals surface area (Å²) in [7, 11) is 2.47. The standard InChI is InChI=1S/C23H16N4O5/c1-31-21(29)13-9-14(22(30)32-2)11-15(10-13)26-8-7-18-16(20(26)28)12-24-23-25-17-5-3-4-6-19(17)27(18)23/h3-12H,1-2H3. The zero-order valence-corrected chi connectivity index (χ0v) is 17.1. The molecule has 0 saturated carbocycles. The van der Waals surface area contributed by atoms with Gasteiger partial charge in [0.1, 0.15) is 0 Å². The highest BCUT2D eigenvalue weighted by atomic mass is 16.5. The van der Waals surface area contributed by atoms with E-state index in [9.17, 15) is 14.4 Å². The van der Waals surface area contributed by atoms with E-state index in [1.165, 1.54) is 43.2 Å². The normalized spacial score (nSPS) is 11.2. The van der Waals surface area contributed by atoms with Crippen LogP contribution in [-0.4, -0.2) is 45.1 Å². The van der Waals surface area contributed by atoms with Gasteiger partial charge in [0.25, 0.3) is 5.56 Å². The molecular formula is C23H16N4O5. The Morgan fingerprint density at radius 1 is 0.906 bits per heavy atom. The van der Waals surface area contributed by atoms with Crippen molar-refractivity contribution in [2.45, 2.75) is 0 Å². The van der Waals surface area contributed by atoms with Crippen molar-refractivity contribution < 1.29 is 19.1 Å². The summed E-state index contributed by atoms with van der Waals surface area (Å²) >= 11 is 0. The van der Waals surface area contributed by atoms with Crippen LogP contribution in [0.2, 0.25) is 0 Å². The molecule has 3 aromatic heterocycles. The van der Waals surface area contributed by atoms with E-state index in [1.807, 2.05) is 28.7 Å². The average Bonchev–Trinajstić information content (AvgIpc) is 3.22. The molecule has 0 bridgehead atoms. The lowest BCUT2D eigenvalue weighted by molar-refractivity contribution is 0.0599. The van der Waals surface area contributed by atoms with Gasteiger partial charge in [0, 0.05) is 12.4 Å². The SMILES string of the molecule is COC(=O)c1cc(C(=O)OC)cc(-n2ccc3c(cnc4nc5ccccc5n43)c2=O)c1. The van der Waals surface area contributed by atoms with E-state index in [-0.39, 0.29) is 16.7 Å². The Kier molecular flexibility index (Phi) is 4.44. The fourth-order valence-electron chi connectivity index (χ4n) is 3.74. The van der Waals surface area contributed by atoms with E-state index >= 15 is 0 Å². The highest BCUT2D eigenvalue weighted by Crippen LogP contribution is 2.21. The van der Waals surface area contributed by atoms with Gasteiger partial charge in [-0.15, -0.1) is 0 Å². The van der Waals surface area contributed by atoms with Crippen molar-refractivity contribution in [3.05, 3.63) is 82.4 Å². The third kappa shape index (κ3) is 2.90. The van der Waals surface area contributed by atoms with E-state index in [1.54, 1.807) is 12.3 Å². The molecule has 0 unspecified atom stereocenters. The zero-order valence-electron chi connectivity index (χ0n) is 17.1. The number of ether oxygens (including phenoxy) is 2. The fourth-order valence-corrected chi connectivity index (χ4v) is 3.74. The Labute approximate surface area is 180 Å². The van der Waals surface area contributed by atoms with Crippen LogP contribution >= 0.6 is 0 Å². The van der Waals surface area contributed by atoms with Gasteiger partial charge in [0.15, 0.2) is 0 Å². The molecule has 0 atom stereocenters. The summed E-state index contributed by atoms with van der Waals surface area (Å²) in [6, 6.07) is 13.6. The molecule has 32 heavy (non-hydrogen) atoms. The van der Waals surface area contributed by atoms with Crippen LogP contribution in [0.3, 0.4) is 0 Å². The number of methoxy groups -OCH3 is 2. The van der Waals surface area contributed by atoms with Gasteiger partial charge in [-0.3, -0.25) is 13.8 Å². The molecule has 0 saturated heterocycles. The number of imidazole rings is 1. The molecule has 5 rings (SSSR count). The molecule has 0 radical (unpaired) electrons. The van der Waals surface area contributed by atoms with Crippen LogP contribution in [0.5, 0.6) is 0 Å². The number of esters is 2. The maximum atomic E-state index is 13.4. The van der Waals surface area contributed by atoms with Gasteiger partial charge in [-0.25, -0.2) is 19.6 Å². The maximum Gasteiger partial charge on any atom is 0.337 e. The third-order valence-corrected chi connectivity index (χ3v) is 5.24. The van der Waals surface area contributed by atoms with Crippen molar-refractivity contribution in [2.75, 3.05) is 14.2 Å². The Balaban J connectivity index is 1.78. The molecule has 0 fully saturated rings. The Hall–Kier alpha value is -4.53. The first-order valence-electron chi connectivity index (χ1n) is 9.61. The lowest BCUT2D eigenvalue weighted by Crippen LogP contribution is -2.20. The van der Waals surface area contributed by atoms with Gasteiger partial charge in [-0.1, -0.05) is 12.1 Å². The third-order valence-electron chi connectivity index (χ3n) is 5.24. The van der Waals surface area contributed by atoms with Crippen molar-refractivity contribution in [3.63, 3.8) is 0 Å². The molecule has 3 heterocycles. The second kappa shape index (κ2) is 7.31. The molecular weight excluding hydrogens is 412 g/mol. The van der Waals surface area contributed by atoms with Gasteiger partial charge in [-0.05, 0) is 36.4 Å². The smallest absolute Gasteiger partial charge is 0.337 e. The number of aromatic nitrogens is 4. The van der Waals surface area contributed by atoms with Crippen LogP contribution in [0, 0.1) is 0 Å². The van der Waals surface area contributed by atoms with E-state index in [4.69, 9.17) is 9.47 Å². The minimum absolute atomic E-state index is 0.117. The number of carbonyl (C=O) groups is 2.